The molecule has 0 spiro atoms. The van der Waals surface area contributed by atoms with Crippen molar-refractivity contribution in [3.05, 3.63) is 45.5 Å². The Balaban J connectivity index is 1.73. The van der Waals surface area contributed by atoms with Crippen LogP contribution in [0.2, 0.25) is 0 Å². The number of hydrogen-bond acceptors (Lipinski definition) is 5. The third-order valence-electron chi connectivity index (χ3n) is 4.77. The van der Waals surface area contributed by atoms with E-state index in [-0.39, 0.29) is 0 Å². The summed E-state index contributed by atoms with van der Waals surface area (Å²) < 4.78 is 1.69. The maximum atomic E-state index is 12.1. The van der Waals surface area contributed by atoms with Crippen LogP contribution in [0.5, 0.6) is 0 Å². The number of piperidine rings is 1. The molecule has 3 aromatic heterocycles. The number of anilines is 1. The first-order chi connectivity index (χ1) is 11.2. The Morgan fingerprint density at radius 1 is 1.30 bits per heavy atom. The molecule has 5 rings (SSSR count). The average molecular weight is 310 g/mol. The zero-order valence-corrected chi connectivity index (χ0v) is 12.2. The first-order valence-electron chi connectivity index (χ1n) is 7.64. The number of rotatable bonds is 2. The number of aromatic nitrogens is 5. The molecule has 8 heteroatoms. The van der Waals surface area contributed by atoms with Gasteiger partial charge in [0.15, 0.2) is 5.65 Å². The Morgan fingerprint density at radius 3 is 2.96 bits per heavy atom. The molecule has 1 aliphatic heterocycles. The van der Waals surface area contributed by atoms with Crippen molar-refractivity contribution in [1.82, 2.24) is 24.6 Å². The molecule has 0 amide bonds. The van der Waals surface area contributed by atoms with Gasteiger partial charge in [0.25, 0.3) is 5.56 Å². The maximum Gasteiger partial charge on any atom is 0.325 e. The van der Waals surface area contributed by atoms with Crippen molar-refractivity contribution in [2.45, 2.75) is 18.9 Å². The molecule has 1 aliphatic carbocycles. The van der Waals surface area contributed by atoms with Gasteiger partial charge in [-0.05, 0) is 24.8 Å². The van der Waals surface area contributed by atoms with Gasteiger partial charge in [0.1, 0.15) is 5.69 Å². The Kier molecular flexibility index (Phi) is 2.37. The zero-order chi connectivity index (χ0) is 15.6. The van der Waals surface area contributed by atoms with Crippen LogP contribution in [0.3, 0.4) is 0 Å². The second-order valence-corrected chi connectivity index (χ2v) is 6.14. The summed E-state index contributed by atoms with van der Waals surface area (Å²) in [5.74, 6) is 0.790. The molecule has 116 valence electrons. The van der Waals surface area contributed by atoms with Crippen LogP contribution in [0.4, 0.5) is 5.69 Å². The van der Waals surface area contributed by atoms with Crippen molar-refractivity contribution < 1.29 is 0 Å². The number of aromatic amines is 2. The summed E-state index contributed by atoms with van der Waals surface area (Å²) in [4.78, 5) is 34.8. The third kappa shape index (κ3) is 1.84. The van der Waals surface area contributed by atoms with Crippen LogP contribution in [-0.4, -0.2) is 37.2 Å². The SMILES string of the molecule is O=c1[nH]cc(-c2cc(N3CCC4CC43)c3nccn3n2)c(=O)[nH]1. The second-order valence-electron chi connectivity index (χ2n) is 6.14. The van der Waals surface area contributed by atoms with Crippen molar-refractivity contribution in [1.29, 1.82) is 0 Å². The molecule has 2 N–H and O–H groups in total. The highest BCUT2D eigenvalue weighted by Crippen LogP contribution is 2.47. The lowest BCUT2D eigenvalue weighted by atomic mass is 10.2. The van der Waals surface area contributed by atoms with Crippen molar-refractivity contribution in [2.75, 3.05) is 11.4 Å². The minimum Gasteiger partial charge on any atom is -0.365 e. The van der Waals surface area contributed by atoms with Crippen LogP contribution < -0.4 is 16.1 Å². The fourth-order valence-electron chi connectivity index (χ4n) is 3.54. The molecule has 23 heavy (non-hydrogen) atoms. The van der Waals surface area contributed by atoms with Crippen molar-refractivity contribution >= 4 is 11.3 Å². The predicted octanol–water partition coefficient (Wildman–Crippen LogP) is 0.371. The number of fused-ring (bicyclic) bond motifs is 2. The summed E-state index contributed by atoms with van der Waals surface area (Å²) >= 11 is 0. The Hall–Kier alpha value is -2.90. The average Bonchev–Trinajstić information content (AvgIpc) is 2.96. The summed E-state index contributed by atoms with van der Waals surface area (Å²) in [6, 6.07) is 2.48. The number of imidazole rings is 1. The van der Waals surface area contributed by atoms with Crippen molar-refractivity contribution in [2.24, 2.45) is 5.92 Å². The smallest absolute Gasteiger partial charge is 0.325 e. The van der Waals surface area contributed by atoms with Crippen molar-refractivity contribution in [3.63, 3.8) is 0 Å². The van der Waals surface area contributed by atoms with Gasteiger partial charge in [-0.25, -0.2) is 14.3 Å². The van der Waals surface area contributed by atoms with Crippen LogP contribution in [-0.2, 0) is 0 Å². The van der Waals surface area contributed by atoms with Crippen LogP contribution >= 0.6 is 0 Å². The molecule has 0 aromatic carbocycles. The summed E-state index contributed by atoms with van der Waals surface area (Å²) in [5.41, 5.74) is 1.68. The zero-order valence-electron chi connectivity index (χ0n) is 12.2. The lowest BCUT2D eigenvalue weighted by Gasteiger charge is -2.21. The topological polar surface area (TPSA) is 99.2 Å². The molecule has 2 atom stereocenters. The van der Waals surface area contributed by atoms with Gasteiger partial charge in [0.05, 0.1) is 11.3 Å². The van der Waals surface area contributed by atoms with Gasteiger partial charge in [-0.3, -0.25) is 9.78 Å². The molecule has 1 saturated heterocycles. The van der Waals surface area contributed by atoms with E-state index in [2.05, 4.69) is 25.0 Å². The molecule has 1 saturated carbocycles. The normalized spacial score (nSPS) is 22.5. The fraction of sp³-hybridized carbons (Fsp3) is 0.333. The fourth-order valence-corrected chi connectivity index (χ4v) is 3.54. The second kappa shape index (κ2) is 4.31. The summed E-state index contributed by atoms with van der Waals surface area (Å²) in [6.07, 6.45) is 7.30. The molecule has 0 radical (unpaired) electrons. The van der Waals surface area contributed by atoms with Crippen LogP contribution in [0.25, 0.3) is 16.9 Å². The Bertz CT molecular complexity index is 1030. The minimum absolute atomic E-state index is 0.341. The summed E-state index contributed by atoms with van der Waals surface area (Å²) in [6.45, 7) is 1.00. The van der Waals surface area contributed by atoms with E-state index in [0.29, 0.717) is 17.3 Å². The van der Waals surface area contributed by atoms with E-state index >= 15 is 0 Å². The van der Waals surface area contributed by atoms with Gasteiger partial charge in [-0.15, -0.1) is 0 Å². The van der Waals surface area contributed by atoms with Gasteiger partial charge in [0, 0.05) is 31.2 Å². The molecule has 8 nitrogen and oxygen atoms in total. The van der Waals surface area contributed by atoms with Crippen LogP contribution in [0, 0.1) is 5.92 Å². The molecule has 2 fully saturated rings. The first kappa shape index (κ1) is 12.6. The number of hydrogen-bond donors (Lipinski definition) is 2. The van der Waals surface area contributed by atoms with Crippen LogP contribution in [0.1, 0.15) is 12.8 Å². The summed E-state index contributed by atoms with van der Waals surface area (Å²) in [7, 11) is 0. The molecule has 2 unspecified atom stereocenters. The third-order valence-corrected chi connectivity index (χ3v) is 4.77. The number of nitrogens with one attached hydrogen (secondary N) is 2. The van der Waals surface area contributed by atoms with E-state index in [1.807, 2.05) is 6.07 Å². The monoisotopic (exact) mass is 310 g/mol. The highest BCUT2D eigenvalue weighted by Gasteiger charge is 2.47. The van der Waals surface area contributed by atoms with E-state index in [0.717, 1.165) is 23.8 Å². The lowest BCUT2D eigenvalue weighted by Crippen LogP contribution is -2.25. The largest absolute Gasteiger partial charge is 0.365 e. The lowest BCUT2D eigenvalue weighted by molar-refractivity contribution is 0.796. The molecule has 3 aromatic rings. The van der Waals surface area contributed by atoms with Gasteiger partial charge >= 0.3 is 5.69 Å². The van der Waals surface area contributed by atoms with Gasteiger partial charge in [0.2, 0.25) is 0 Å². The van der Waals surface area contributed by atoms with E-state index in [4.69, 9.17) is 0 Å². The van der Waals surface area contributed by atoms with Gasteiger partial charge in [-0.1, -0.05) is 0 Å². The first-order valence-corrected chi connectivity index (χ1v) is 7.64. The maximum absolute atomic E-state index is 12.1. The molecule has 4 heterocycles. The predicted molar refractivity (Wildman–Crippen MR) is 83.5 cm³/mol. The van der Waals surface area contributed by atoms with Gasteiger partial charge in [-0.2, -0.15) is 5.10 Å². The molecule has 2 aliphatic rings. The highest BCUT2D eigenvalue weighted by atomic mass is 16.2. The Labute approximate surface area is 129 Å². The summed E-state index contributed by atoms with van der Waals surface area (Å²) in [5, 5.41) is 4.45. The molecular formula is C15H14N6O2. The Morgan fingerprint density at radius 2 is 2.22 bits per heavy atom. The van der Waals surface area contributed by atoms with Crippen molar-refractivity contribution in [3.8, 4) is 11.3 Å². The minimum atomic E-state index is -0.525. The molecular weight excluding hydrogens is 296 g/mol. The van der Waals surface area contributed by atoms with E-state index < -0.39 is 11.2 Å². The van der Waals surface area contributed by atoms with Crippen LogP contribution in [0.15, 0.2) is 34.2 Å². The van der Waals surface area contributed by atoms with E-state index in [1.165, 1.54) is 19.0 Å². The van der Waals surface area contributed by atoms with Gasteiger partial charge < -0.3 is 9.88 Å². The number of H-pyrrole nitrogens is 2. The van der Waals surface area contributed by atoms with E-state index in [9.17, 15) is 9.59 Å². The molecule has 0 bridgehead atoms. The van der Waals surface area contributed by atoms with E-state index in [1.54, 1.807) is 16.9 Å². The highest BCUT2D eigenvalue weighted by molar-refractivity contribution is 5.75. The standard InChI is InChI=1S/C15H14N6O2/c22-14-9(7-17-15(23)18-14)10-6-12(13-16-2-4-21(13)19-10)20-3-1-8-5-11(8)20/h2,4,6-8,11H,1,3,5H2,(H2,17,18,22,23). The number of nitrogens with zero attached hydrogens (tertiary/aromatic N) is 4. The quantitative estimate of drug-likeness (QED) is 0.712.